The van der Waals surface area contributed by atoms with Gasteiger partial charge in [-0.05, 0) is 30.2 Å². The highest BCUT2D eigenvalue weighted by atomic mass is 19.1. The zero-order chi connectivity index (χ0) is 13.3. The van der Waals surface area contributed by atoms with Crippen molar-refractivity contribution in [2.75, 3.05) is 0 Å². The molecule has 0 atom stereocenters. The quantitative estimate of drug-likeness (QED) is 0.905. The maximum Gasteiger partial charge on any atom is 0.309 e. The number of aliphatic carboxylic acids is 1. The van der Waals surface area contributed by atoms with E-state index in [9.17, 15) is 9.18 Å². The van der Waals surface area contributed by atoms with Gasteiger partial charge in [-0.2, -0.15) is 5.10 Å². The number of carbonyl (C=O) groups is 1. The molecule has 0 bridgehead atoms. The standard InChI is InChI=1S/C13H13FN2O2/c1-8-5-9(3-4-11(8)14)10-7-16(2)15-12(10)6-13(17)18/h3-5,7H,6H2,1-2H3,(H,17,18). The molecule has 18 heavy (non-hydrogen) atoms. The number of hydrogen-bond donors (Lipinski definition) is 1. The lowest BCUT2D eigenvalue weighted by Crippen LogP contribution is -2.02. The predicted octanol–water partition coefficient (Wildman–Crippen LogP) is 2.16. The van der Waals surface area contributed by atoms with Crippen molar-refractivity contribution < 1.29 is 14.3 Å². The zero-order valence-electron chi connectivity index (χ0n) is 10.1. The van der Waals surface area contributed by atoms with Crippen LogP contribution < -0.4 is 0 Å². The zero-order valence-corrected chi connectivity index (χ0v) is 10.1. The van der Waals surface area contributed by atoms with Crippen LogP contribution >= 0.6 is 0 Å². The van der Waals surface area contributed by atoms with Crippen LogP contribution in [0.4, 0.5) is 4.39 Å². The Labute approximate surface area is 104 Å². The first-order valence-electron chi connectivity index (χ1n) is 5.48. The molecular formula is C13H13FN2O2. The fraction of sp³-hybridized carbons (Fsp3) is 0.231. The third-order valence-corrected chi connectivity index (χ3v) is 2.69. The summed E-state index contributed by atoms with van der Waals surface area (Å²) in [6, 6.07) is 4.70. The first-order valence-corrected chi connectivity index (χ1v) is 5.48. The Balaban J connectivity index is 2.49. The van der Waals surface area contributed by atoms with Gasteiger partial charge >= 0.3 is 5.97 Å². The van der Waals surface area contributed by atoms with Crippen LogP contribution in [0, 0.1) is 12.7 Å². The second-order valence-electron chi connectivity index (χ2n) is 4.20. The normalized spacial score (nSPS) is 10.6. The van der Waals surface area contributed by atoms with Gasteiger partial charge in [0.15, 0.2) is 0 Å². The maximum atomic E-state index is 13.2. The first kappa shape index (κ1) is 12.3. The average Bonchev–Trinajstić information content (AvgIpc) is 2.62. The molecule has 0 aliphatic carbocycles. The van der Waals surface area contributed by atoms with Gasteiger partial charge in [-0.1, -0.05) is 6.07 Å². The van der Waals surface area contributed by atoms with E-state index in [0.717, 1.165) is 11.1 Å². The van der Waals surface area contributed by atoms with Crippen LogP contribution in [0.3, 0.4) is 0 Å². The van der Waals surface area contributed by atoms with Crippen LogP contribution in [0.5, 0.6) is 0 Å². The summed E-state index contributed by atoms with van der Waals surface area (Å²) in [5.74, 6) is -1.21. The predicted molar refractivity (Wildman–Crippen MR) is 64.7 cm³/mol. The lowest BCUT2D eigenvalue weighted by atomic mass is 10.0. The highest BCUT2D eigenvalue weighted by Gasteiger charge is 2.13. The van der Waals surface area contributed by atoms with Gasteiger partial charge < -0.3 is 5.11 Å². The van der Waals surface area contributed by atoms with Crippen LogP contribution in [0.25, 0.3) is 11.1 Å². The largest absolute Gasteiger partial charge is 0.481 e. The van der Waals surface area contributed by atoms with E-state index in [1.165, 1.54) is 6.07 Å². The fourth-order valence-corrected chi connectivity index (χ4v) is 1.86. The third-order valence-electron chi connectivity index (χ3n) is 2.69. The van der Waals surface area contributed by atoms with Crippen LogP contribution in [0.1, 0.15) is 11.3 Å². The summed E-state index contributed by atoms with van der Waals surface area (Å²) in [4.78, 5) is 10.8. The average molecular weight is 248 g/mol. The molecule has 94 valence electrons. The number of hydrogen-bond acceptors (Lipinski definition) is 2. The summed E-state index contributed by atoms with van der Waals surface area (Å²) in [7, 11) is 1.73. The number of rotatable bonds is 3. The van der Waals surface area contributed by atoms with E-state index in [2.05, 4.69) is 5.10 Å². The van der Waals surface area contributed by atoms with Crippen molar-refractivity contribution in [3.8, 4) is 11.1 Å². The molecule has 4 nitrogen and oxygen atoms in total. The molecule has 0 unspecified atom stereocenters. The summed E-state index contributed by atoms with van der Waals surface area (Å²) in [6.07, 6.45) is 1.59. The monoisotopic (exact) mass is 248 g/mol. The Kier molecular flexibility index (Phi) is 3.14. The van der Waals surface area contributed by atoms with Gasteiger partial charge in [0.2, 0.25) is 0 Å². The van der Waals surface area contributed by atoms with E-state index in [1.807, 2.05) is 0 Å². The Morgan fingerprint density at radius 2 is 2.22 bits per heavy atom. The van der Waals surface area contributed by atoms with E-state index >= 15 is 0 Å². The maximum absolute atomic E-state index is 13.2. The van der Waals surface area contributed by atoms with Crippen molar-refractivity contribution >= 4 is 5.97 Å². The van der Waals surface area contributed by atoms with E-state index in [-0.39, 0.29) is 12.2 Å². The molecule has 0 saturated heterocycles. The van der Waals surface area contributed by atoms with Crippen LogP contribution in [-0.4, -0.2) is 20.9 Å². The molecular weight excluding hydrogens is 235 g/mol. The molecule has 0 saturated carbocycles. The Morgan fingerprint density at radius 1 is 1.50 bits per heavy atom. The SMILES string of the molecule is Cc1cc(-c2cn(C)nc2CC(=O)O)ccc1F. The summed E-state index contributed by atoms with van der Waals surface area (Å²) in [6.45, 7) is 1.67. The summed E-state index contributed by atoms with van der Waals surface area (Å²) in [5.41, 5.74) is 2.51. The van der Waals surface area contributed by atoms with Gasteiger partial charge in [-0.25, -0.2) is 4.39 Å². The molecule has 1 aromatic heterocycles. The number of halogens is 1. The highest BCUT2D eigenvalue weighted by molar-refractivity contribution is 5.75. The molecule has 0 aliphatic heterocycles. The smallest absolute Gasteiger partial charge is 0.309 e. The van der Waals surface area contributed by atoms with Crippen molar-refractivity contribution in [2.45, 2.75) is 13.3 Å². The van der Waals surface area contributed by atoms with Gasteiger partial charge in [0.1, 0.15) is 5.82 Å². The minimum atomic E-state index is -0.936. The molecule has 2 aromatic rings. The fourth-order valence-electron chi connectivity index (χ4n) is 1.86. The third kappa shape index (κ3) is 2.40. The van der Waals surface area contributed by atoms with E-state index in [1.54, 1.807) is 37.0 Å². The minimum Gasteiger partial charge on any atom is -0.481 e. The molecule has 1 N–H and O–H groups in total. The molecule has 0 spiro atoms. The number of aromatic nitrogens is 2. The van der Waals surface area contributed by atoms with Crippen LogP contribution in [0.2, 0.25) is 0 Å². The summed E-state index contributed by atoms with van der Waals surface area (Å²) in [5, 5.41) is 13.0. The van der Waals surface area contributed by atoms with Crippen molar-refractivity contribution in [3.63, 3.8) is 0 Å². The van der Waals surface area contributed by atoms with Gasteiger partial charge in [-0.15, -0.1) is 0 Å². The van der Waals surface area contributed by atoms with E-state index < -0.39 is 5.97 Å². The minimum absolute atomic E-state index is 0.146. The van der Waals surface area contributed by atoms with Gasteiger partial charge in [0.05, 0.1) is 12.1 Å². The lowest BCUT2D eigenvalue weighted by Gasteiger charge is -2.03. The number of benzene rings is 1. The Bertz CT molecular complexity index is 605. The Hall–Kier alpha value is -2.17. The molecule has 0 amide bonds. The van der Waals surface area contributed by atoms with Gasteiger partial charge in [-0.3, -0.25) is 9.48 Å². The highest BCUT2D eigenvalue weighted by Crippen LogP contribution is 2.25. The van der Waals surface area contributed by atoms with E-state index in [4.69, 9.17) is 5.11 Å². The number of carboxylic acid groups (broad SMARTS) is 1. The van der Waals surface area contributed by atoms with Crippen LogP contribution in [0.15, 0.2) is 24.4 Å². The van der Waals surface area contributed by atoms with Gasteiger partial charge in [0, 0.05) is 18.8 Å². The molecule has 0 radical (unpaired) electrons. The molecule has 0 fully saturated rings. The number of carboxylic acids is 1. The lowest BCUT2D eigenvalue weighted by molar-refractivity contribution is -0.136. The molecule has 1 heterocycles. The molecule has 5 heteroatoms. The second kappa shape index (κ2) is 4.60. The van der Waals surface area contributed by atoms with Crippen molar-refractivity contribution in [2.24, 2.45) is 7.05 Å². The molecule has 2 rings (SSSR count). The second-order valence-corrected chi connectivity index (χ2v) is 4.20. The molecule has 1 aromatic carbocycles. The van der Waals surface area contributed by atoms with Crippen molar-refractivity contribution in [1.82, 2.24) is 9.78 Å². The summed E-state index contributed by atoms with van der Waals surface area (Å²) < 4.78 is 14.8. The van der Waals surface area contributed by atoms with Crippen LogP contribution in [-0.2, 0) is 18.3 Å². The van der Waals surface area contributed by atoms with E-state index in [0.29, 0.717) is 11.3 Å². The van der Waals surface area contributed by atoms with Gasteiger partial charge in [0.25, 0.3) is 0 Å². The first-order chi connectivity index (χ1) is 8.47. The Morgan fingerprint density at radius 3 is 2.83 bits per heavy atom. The number of aryl methyl sites for hydroxylation is 2. The summed E-state index contributed by atoms with van der Waals surface area (Å²) >= 11 is 0. The van der Waals surface area contributed by atoms with Crippen molar-refractivity contribution in [1.29, 1.82) is 0 Å². The molecule has 0 aliphatic rings. The topological polar surface area (TPSA) is 55.1 Å². The number of nitrogens with zero attached hydrogens (tertiary/aromatic N) is 2. The van der Waals surface area contributed by atoms with Crippen molar-refractivity contribution in [3.05, 3.63) is 41.5 Å².